The largest absolute Gasteiger partial charge is 0.446 e. The lowest BCUT2D eigenvalue weighted by atomic mass is 10.4. The zero-order chi connectivity index (χ0) is 11.0. The van der Waals surface area contributed by atoms with Crippen LogP contribution in [-0.2, 0) is 19.1 Å². The molecule has 0 N–H and O–H groups in total. The molecule has 0 saturated heterocycles. The molecule has 0 fully saturated rings. The summed E-state index contributed by atoms with van der Waals surface area (Å²) < 4.78 is 9.01. The van der Waals surface area contributed by atoms with Crippen LogP contribution in [0.4, 0.5) is 0 Å². The first-order valence-corrected chi connectivity index (χ1v) is 3.77. The molecule has 0 amide bonds. The summed E-state index contributed by atoms with van der Waals surface area (Å²) in [5.74, 6) is 1.15. The van der Waals surface area contributed by atoms with Crippen molar-refractivity contribution in [1.82, 2.24) is 0 Å². The van der Waals surface area contributed by atoms with Crippen LogP contribution in [0.2, 0.25) is 0 Å². The molecule has 0 aromatic heterocycles. The van der Waals surface area contributed by atoms with Gasteiger partial charge in [0, 0.05) is 12.2 Å². The Balaban J connectivity index is 3.97. The van der Waals surface area contributed by atoms with Gasteiger partial charge >= 0.3 is 11.9 Å². The van der Waals surface area contributed by atoms with Crippen molar-refractivity contribution in [3.8, 4) is 12.0 Å². The molecule has 0 radical (unpaired) electrons. The highest BCUT2D eigenvalue weighted by molar-refractivity contribution is 5.82. The number of hydrogen-bond donors (Lipinski definition) is 0. The van der Waals surface area contributed by atoms with Crippen LogP contribution in [0.25, 0.3) is 0 Å². The summed E-state index contributed by atoms with van der Waals surface area (Å²) in [6, 6.07) is 0. The van der Waals surface area contributed by atoms with E-state index in [0.29, 0.717) is 0 Å². The molecule has 0 aliphatic carbocycles. The molecule has 1 atom stereocenters. The monoisotopic (exact) mass is 194 g/mol. The van der Waals surface area contributed by atoms with Gasteiger partial charge in [-0.3, -0.25) is 0 Å². The van der Waals surface area contributed by atoms with Crippen molar-refractivity contribution < 1.29 is 19.1 Å². The Morgan fingerprint density at radius 2 is 1.86 bits per heavy atom. The van der Waals surface area contributed by atoms with Gasteiger partial charge in [-0.25, -0.2) is 9.59 Å². The second kappa shape index (κ2) is 6.49. The topological polar surface area (TPSA) is 52.6 Å². The fourth-order valence-electron chi connectivity index (χ4n) is 0.456. The van der Waals surface area contributed by atoms with Crippen LogP contribution >= 0.6 is 0 Å². The van der Waals surface area contributed by atoms with E-state index in [0.717, 1.165) is 12.2 Å². The van der Waals surface area contributed by atoms with Crippen LogP contribution in [0.1, 0.15) is 6.92 Å². The highest BCUT2D eigenvalue weighted by Crippen LogP contribution is 1.89. The maximum Gasteiger partial charge on any atom is 0.344 e. The number of esters is 2. The fraction of sp³-hybridized carbons (Fsp3) is 0.200. The van der Waals surface area contributed by atoms with Crippen LogP contribution < -0.4 is 0 Å². The standard InChI is InChI=1S/C10H10O4/c1-4-9(11)13-7-6-8(3)14-10(12)5-2/h4-5,8H,1-2H2,3H3. The number of rotatable bonds is 3. The minimum absolute atomic E-state index is 0.582. The number of hydrogen-bond acceptors (Lipinski definition) is 4. The van der Waals surface area contributed by atoms with Crippen molar-refractivity contribution in [3.63, 3.8) is 0 Å². The summed E-state index contributed by atoms with van der Waals surface area (Å²) in [6.07, 6.45) is 3.43. The molecular formula is C10H10O4. The van der Waals surface area contributed by atoms with E-state index in [9.17, 15) is 9.59 Å². The van der Waals surface area contributed by atoms with Crippen molar-refractivity contribution in [3.05, 3.63) is 25.3 Å². The lowest BCUT2D eigenvalue weighted by Gasteiger charge is -2.02. The predicted octanol–water partition coefficient (Wildman–Crippen LogP) is 0.794. The molecule has 0 aromatic carbocycles. The summed E-state index contributed by atoms with van der Waals surface area (Å²) in [4.78, 5) is 21.1. The van der Waals surface area contributed by atoms with Gasteiger partial charge in [-0.2, -0.15) is 0 Å². The summed E-state index contributed by atoms with van der Waals surface area (Å²) in [6.45, 7) is 7.93. The molecule has 4 heteroatoms. The lowest BCUT2D eigenvalue weighted by molar-refractivity contribution is -0.139. The van der Waals surface area contributed by atoms with E-state index in [-0.39, 0.29) is 0 Å². The Bertz CT molecular complexity index is 306. The molecule has 0 bridgehead atoms. The zero-order valence-corrected chi connectivity index (χ0v) is 7.78. The molecule has 74 valence electrons. The number of carbonyl (C=O) groups excluding carboxylic acids is 2. The Labute approximate surface area is 82.2 Å². The quantitative estimate of drug-likeness (QED) is 0.378. The van der Waals surface area contributed by atoms with E-state index >= 15 is 0 Å². The summed E-state index contributed by atoms with van der Waals surface area (Å²) >= 11 is 0. The molecule has 0 spiro atoms. The summed E-state index contributed by atoms with van der Waals surface area (Å²) in [5, 5.41) is 0. The molecule has 0 rings (SSSR count). The van der Waals surface area contributed by atoms with E-state index in [2.05, 4.69) is 34.7 Å². The zero-order valence-electron chi connectivity index (χ0n) is 7.78. The van der Waals surface area contributed by atoms with Gasteiger partial charge < -0.3 is 9.47 Å². The smallest absolute Gasteiger partial charge is 0.344 e. The van der Waals surface area contributed by atoms with Crippen molar-refractivity contribution in [2.75, 3.05) is 0 Å². The first-order chi connectivity index (χ1) is 6.60. The van der Waals surface area contributed by atoms with Gasteiger partial charge in [0.1, 0.15) is 6.11 Å². The van der Waals surface area contributed by atoms with E-state index in [1.165, 1.54) is 6.92 Å². The van der Waals surface area contributed by atoms with E-state index in [1.807, 2.05) is 0 Å². The first-order valence-electron chi connectivity index (χ1n) is 3.77. The Kier molecular flexibility index (Phi) is 5.55. The Morgan fingerprint density at radius 3 is 2.36 bits per heavy atom. The predicted molar refractivity (Wildman–Crippen MR) is 49.8 cm³/mol. The SMILES string of the molecule is C=CC(=O)OC#CC(C)OC(=O)C=C. The maximum absolute atomic E-state index is 10.6. The second-order valence-corrected chi connectivity index (χ2v) is 2.15. The molecule has 0 aromatic rings. The molecule has 0 aliphatic heterocycles. The Morgan fingerprint density at radius 1 is 1.29 bits per heavy atom. The van der Waals surface area contributed by atoms with Crippen LogP contribution in [0, 0.1) is 12.0 Å². The third-order valence-electron chi connectivity index (χ3n) is 1.04. The minimum Gasteiger partial charge on any atom is -0.446 e. The molecule has 4 nitrogen and oxygen atoms in total. The number of carbonyl (C=O) groups is 2. The van der Waals surface area contributed by atoms with E-state index < -0.39 is 18.0 Å². The maximum atomic E-state index is 10.6. The van der Waals surface area contributed by atoms with Crippen molar-refractivity contribution in [1.29, 1.82) is 0 Å². The first kappa shape index (κ1) is 12.0. The fourth-order valence-corrected chi connectivity index (χ4v) is 0.456. The summed E-state index contributed by atoms with van der Waals surface area (Å²) in [5.41, 5.74) is 0. The van der Waals surface area contributed by atoms with E-state index in [1.54, 1.807) is 0 Å². The van der Waals surface area contributed by atoms with Gasteiger partial charge in [-0.15, -0.1) is 0 Å². The minimum atomic E-state index is -0.655. The highest BCUT2D eigenvalue weighted by atomic mass is 16.5. The van der Waals surface area contributed by atoms with Gasteiger partial charge in [0.05, 0.1) is 0 Å². The lowest BCUT2D eigenvalue weighted by Crippen LogP contribution is -2.10. The summed E-state index contributed by atoms with van der Waals surface area (Å²) in [7, 11) is 0. The van der Waals surface area contributed by atoms with Crippen molar-refractivity contribution >= 4 is 11.9 Å². The molecular weight excluding hydrogens is 184 g/mol. The van der Waals surface area contributed by atoms with Crippen molar-refractivity contribution in [2.45, 2.75) is 13.0 Å². The van der Waals surface area contributed by atoms with Gasteiger partial charge in [0.2, 0.25) is 0 Å². The number of ether oxygens (including phenoxy) is 2. The molecule has 0 heterocycles. The van der Waals surface area contributed by atoms with Crippen LogP contribution in [0.15, 0.2) is 25.3 Å². The van der Waals surface area contributed by atoms with Crippen LogP contribution in [0.5, 0.6) is 0 Å². The third kappa shape index (κ3) is 5.61. The second-order valence-electron chi connectivity index (χ2n) is 2.15. The normalized spacial score (nSPS) is 10.1. The average Bonchev–Trinajstić information content (AvgIpc) is 2.17. The molecule has 14 heavy (non-hydrogen) atoms. The van der Waals surface area contributed by atoms with Gasteiger partial charge in [-0.1, -0.05) is 13.2 Å². The van der Waals surface area contributed by atoms with Gasteiger partial charge in [0.25, 0.3) is 0 Å². The van der Waals surface area contributed by atoms with Gasteiger partial charge in [-0.05, 0) is 12.8 Å². The van der Waals surface area contributed by atoms with Crippen molar-refractivity contribution in [2.24, 2.45) is 0 Å². The highest BCUT2D eigenvalue weighted by Gasteiger charge is 2.01. The Hall–Kier alpha value is -2.02. The van der Waals surface area contributed by atoms with Crippen LogP contribution in [-0.4, -0.2) is 18.0 Å². The molecule has 1 unspecified atom stereocenters. The third-order valence-corrected chi connectivity index (χ3v) is 1.04. The molecule has 0 saturated carbocycles. The molecule has 0 aliphatic rings. The van der Waals surface area contributed by atoms with Gasteiger partial charge in [0.15, 0.2) is 6.10 Å². The van der Waals surface area contributed by atoms with Crippen LogP contribution in [0.3, 0.4) is 0 Å². The average molecular weight is 194 g/mol. The van der Waals surface area contributed by atoms with E-state index in [4.69, 9.17) is 0 Å².